The molecule has 0 fully saturated rings. The van der Waals surface area contributed by atoms with Gasteiger partial charge in [0.25, 0.3) is 0 Å². The number of hydrogen-bond acceptors (Lipinski definition) is 3. The lowest BCUT2D eigenvalue weighted by Crippen LogP contribution is -1.84. The number of halogens is 1. The maximum atomic E-state index is 5.72. The van der Waals surface area contributed by atoms with E-state index in [1.165, 1.54) is 0 Å². The molecule has 0 unspecified atom stereocenters. The van der Waals surface area contributed by atoms with E-state index in [4.69, 9.17) is 11.6 Å². The maximum absolute atomic E-state index is 5.72. The number of pyridine rings is 1. The molecule has 2 heterocycles. The number of rotatable bonds is 2. The molecule has 2 aromatic heterocycles. The number of nitrogens with zero attached hydrogens (tertiary/aromatic N) is 2. The number of alkyl halides is 1. The molecule has 0 N–H and O–H groups in total. The zero-order valence-corrected chi connectivity index (χ0v) is 9.27. The van der Waals surface area contributed by atoms with Gasteiger partial charge in [0, 0.05) is 28.5 Å². The van der Waals surface area contributed by atoms with Gasteiger partial charge in [-0.1, -0.05) is 0 Å². The Balaban J connectivity index is 2.44. The molecule has 2 rings (SSSR count). The highest BCUT2D eigenvalue weighted by atomic mass is 35.5. The number of hydrogen-bond donors (Lipinski definition) is 0. The summed E-state index contributed by atoms with van der Waals surface area (Å²) in [4.78, 5) is 9.62. The lowest BCUT2D eigenvalue weighted by molar-refractivity contribution is 1.20. The van der Waals surface area contributed by atoms with E-state index >= 15 is 0 Å². The molecule has 2 aromatic rings. The van der Waals surface area contributed by atoms with Crippen LogP contribution in [-0.4, -0.2) is 9.97 Å². The van der Waals surface area contributed by atoms with E-state index in [1.807, 2.05) is 25.3 Å². The Morgan fingerprint density at radius 2 is 2.29 bits per heavy atom. The predicted molar refractivity (Wildman–Crippen MR) is 59.6 cm³/mol. The number of aryl methyl sites for hydroxylation is 1. The Morgan fingerprint density at radius 1 is 1.43 bits per heavy atom. The lowest BCUT2D eigenvalue weighted by Gasteiger charge is -1.98. The van der Waals surface area contributed by atoms with Crippen molar-refractivity contribution >= 4 is 22.9 Å². The molecule has 0 aliphatic heterocycles. The van der Waals surface area contributed by atoms with Crippen LogP contribution in [0.3, 0.4) is 0 Å². The summed E-state index contributed by atoms with van der Waals surface area (Å²) in [6.07, 6.45) is 3.61. The molecule has 0 saturated heterocycles. The molecule has 72 valence electrons. The molecule has 0 radical (unpaired) electrons. The van der Waals surface area contributed by atoms with Crippen LogP contribution < -0.4 is 0 Å². The molecule has 0 aliphatic carbocycles. The van der Waals surface area contributed by atoms with Crippen molar-refractivity contribution in [1.82, 2.24) is 9.97 Å². The average Bonchev–Trinajstić information content (AvgIpc) is 2.67. The van der Waals surface area contributed by atoms with Gasteiger partial charge in [0.2, 0.25) is 0 Å². The van der Waals surface area contributed by atoms with Crippen molar-refractivity contribution in [2.75, 3.05) is 0 Å². The molecule has 0 atom stereocenters. The van der Waals surface area contributed by atoms with Crippen LogP contribution in [0.2, 0.25) is 0 Å². The van der Waals surface area contributed by atoms with E-state index in [-0.39, 0.29) is 0 Å². The van der Waals surface area contributed by atoms with Crippen LogP contribution in [0.15, 0.2) is 24.5 Å². The second-order valence-corrected chi connectivity index (χ2v) is 4.28. The summed E-state index contributed by atoms with van der Waals surface area (Å²) in [6.45, 7) is 1.98. The lowest BCUT2D eigenvalue weighted by atomic mass is 10.2. The van der Waals surface area contributed by atoms with Gasteiger partial charge in [0.1, 0.15) is 5.01 Å². The fourth-order valence-electron chi connectivity index (χ4n) is 1.20. The van der Waals surface area contributed by atoms with Crippen LogP contribution in [0.25, 0.3) is 10.6 Å². The highest BCUT2D eigenvalue weighted by Crippen LogP contribution is 2.27. The topological polar surface area (TPSA) is 25.8 Å². The van der Waals surface area contributed by atoms with E-state index in [0.717, 1.165) is 21.1 Å². The first-order valence-corrected chi connectivity index (χ1v) is 5.59. The highest BCUT2D eigenvalue weighted by Gasteiger charge is 2.06. The number of thiazole rings is 1. The van der Waals surface area contributed by atoms with Gasteiger partial charge in [-0.15, -0.1) is 22.9 Å². The summed E-state index contributed by atoms with van der Waals surface area (Å²) in [5, 5.41) is 0.992. The van der Waals surface area contributed by atoms with Gasteiger partial charge in [-0.2, -0.15) is 0 Å². The van der Waals surface area contributed by atoms with Crippen molar-refractivity contribution in [1.29, 1.82) is 0 Å². The van der Waals surface area contributed by atoms with Crippen LogP contribution in [0, 0.1) is 6.92 Å². The Bertz CT molecular complexity index is 439. The quantitative estimate of drug-likeness (QED) is 0.732. The van der Waals surface area contributed by atoms with Crippen molar-refractivity contribution in [3.05, 3.63) is 35.1 Å². The summed E-state index contributed by atoms with van der Waals surface area (Å²) in [6, 6.07) is 3.95. The standard InChI is InChI=1S/C10H9ClN2S/c1-7-9(3-2-4-12-7)10-13-6-8(5-11)14-10/h2-4,6H,5H2,1H3. The van der Waals surface area contributed by atoms with Crippen molar-refractivity contribution < 1.29 is 0 Å². The van der Waals surface area contributed by atoms with Crippen LogP contribution in [-0.2, 0) is 5.88 Å². The maximum Gasteiger partial charge on any atom is 0.125 e. The van der Waals surface area contributed by atoms with Crippen molar-refractivity contribution in [2.45, 2.75) is 12.8 Å². The fourth-order valence-corrected chi connectivity index (χ4v) is 2.28. The minimum atomic E-state index is 0.525. The first-order valence-electron chi connectivity index (χ1n) is 4.24. The van der Waals surface area contributed by atoms with Gasteiger partial charge in [0.15, 0.2) is 0 Å². The third-order valence-corrected chi connectivity index (χ3v) is 3.40. The summed E-state index contributed by atoms with van der Waals surface area (Å²) in [5.74, 6) is 0.525. The van der Waals surface area contributed by atoms with Gasteiger partial charge in [-0.25, -0.2) is 4.98 Å². The minimum Gasteiger partial charge on any atom is -0.261 e. The molecule has 0 spiro atoms. The van der Waals surface area contributed by atoms with E-state index in [0.29, 0.717) is 5.88 Å². The highest BCUT2D eigenvalue weighted by molar-refractivity contribution is 7.15. The Morgan fingerprint density at radius 3 is 2.93 bits per heavy atom. The van der Waals surface area contributed by atoms with Crippen LogP contribution >= 0.6 is 22.9 Å². The molecule has 0 amide bonds. The predicted octanol–water partition coefficient (Wildman–Crippen LogP) is 3.25. The summed E-state index contributed by atoms with van der Waals surface area (Å²) in [7, 11) is 0. The van der Waals surface area contributed by atoms with E-state index in [2.05, 4.69) is 9.97 Å². The second kappa shape index (κ2) is 4.07. The second-order valence-electron chi connectivity index (χ2n) is 2.90. The first kappa shape index (κ1) is 9.62. The van der Waals surface area contributed by atoms with Crippen LogP contribution in [0.4, 0.5) is 0 Å². The monoisotopic (exact) mass is 224 g/mol. The Kier molecular flexibility index (Phi) is 2.79. The average molecular weight is 225 g/mol. The molecule has 2 nitrogen and oxygen atoms in total. The third kappa shape index (κ3) is 1.79. The molecule has 14 heavy (non-hydrogen) atoms. The molecular weight excluding hydrogens is 216 g/mol. The van der Waals surface area contributed by atoms with Gasteiger partial charge >= 0.3 is 0 Å². The molecule has 0 bridgehead atoms. The zero-order chi connectivity index (χ0) is 9.97. The Labute approximate surface area is 91.6 Å². The SMILES string of the molecule is Cc1ncccc1-c1ncc(CCl)s1. The minimum absolute atomic E-state index is 0.525. The smallest absolute Gasteiger partial charge is 0.125 e. The largest absolute Gasteiger partial charge is 0.261 e. The van der Waals surface area contributed by atoms with Crippen molar-refractivity contribution in [3.63, 3.8) is 0 Å². The van der Waals surface area contributed by atoms with E-state index in [1.54, 1.807) is 17.5 Å². The van der Waals surface area contributed by atoms with Gasteiger partial charge in [-0.3, -0.25) is 4.98 Å². The summed E-state index contributed by atoms with van der Waals surface area (Å²) in [5.41, 5.74) is 2.09. The summed E-state index contributed by atoms with van der Waals surface area (Å²) < 4.78 is 0. The van der Waals surface area contributed by atoms with E-state index < -0.39 is 0 Å². The Hall–Kier alpha value is -0.930. The number of aromatic nitrogens is 2. The van der Waals surface area contributed by atoms with Crippen molar-refractivity contribution in [3.8, 4) is 10.6 Å². The summed E-state index contributed by atoms with van der Waals surface area (Å²) >= 11 is 7.34. The zero-order valence-electron chi connectivity index (χ0n) is 7.70. The van der Waals surface area contributed by atoms with Crippen LogP contribution in [0.5, 0.6) is 0 Å². The third-order valence-electron chi connectivity index (χ3n) is 1.92. The molecule has 0 aliphatic rings. The van der Waals surface area contributed by atoms with Gasteiger partial charge in [0.05, 0.1) is 5.88 Å². The molecular formula is C10H9ClN2S. The fraction of sp³-hybridized carbons (Fsp3) is 0.200. The van der Waals surface area contributed by atoms with Gasteiger partial charge < -0.3 is 0 Å². The van der Waals surface area contributed by atoms with Crippen LogP contribution in [0.1, 0.15) is 10.6 Å². The van der Waals surface area contributed by atoms with Crippen molar-refractivity contribution in [2.24, 2.45) is 0 Å². The molecule has 4 heteroatoms. The van der Waals surface area contributed by atoms with E-state index in [9.17, 15) is 0 Å². The normalized spacial score (nSPS) is 10.4. The molecule has 0 saturated carbocycles. The van der Waals surface area contributed by atoms with Gasteiger partial charge in [-0.05, 0) is 19.1 Å². The first-order chi connectivity index (χ1) is 6.81. The molecule has 0 aromatic carbocycles.